The van der Waals surface area contributed by atoms with E-state index < -0.39 is 0 Å². The Bertz CT molecular complexity index is 260. The Balaban J connectivity index is 2.21. The zero-order chi connectivity index (χ0) is 14.8. The average Bonchev–Trinajstić information content (AvgIpc) is 2.48. The summed E-state index contributed by atoms with van der Waals surface area (Å²) < 4.78 is 0. The molecule has 0 aliphatic carbocycles. The van der Waals surface area contributed by atoms with E-state index in [2.05, 4.69) is 31.0 Å². The van der Waals surface area contributed by atoms with E-state index in [1.165, 1.54) is 32.5 Å². The number of piperidine rings is 1. The Labute approximate surface area is 124 Å². The number of nitrogens with zero attached hydrogens (tertiary/aromatic N) is 2. The molecular weight excluding hydrogens is 250 g/mol. The van der Waals surface area contributed by atoms with E-state index in [0.717, 1.165) is 38.5 Å². The monoisotopic (exact) mass is 283 g/mol. The lowest BCUT2D eigenvalue weighted by Crippen LogP contribution is -2.37. The van der Waals surface area contributed by atoms with E-state index in [9.17, 15) is 4.79 Å². The van der Waals surface area contributed by atoms with E-state index in [4.69, 9.17) is 0 Å². The SMILES string of the molecule is CCN(CCCC(=O)N(CC)CC)CC1CCNCC1. The van der Waals surface area contributed by atoms with Gasteiger partial charge in [0.15, 0.2) is 0 Å². The summed E-state index contributed by atoms with van der Waals surface area (Å²) in [5.41, 5.74) is 0. The Morgan fingerprint density at radius 2 is 1.75 bits per heavy atom. The highest BCUT2D eigenvalue weighted by molar-refractivity contribution is 5.76. The number of hydrogen-bond acceptors (Lipinski definition) is 3. The highest BCUT2D eigenvalue weighted by Crippen LogP contribution is 2.13. The average molecular weight is 283 g/mol. The summed E-state index contributed by atoms with van der Waals surface area (Å²) in [4.78, 5) is 16.4. The largest absolute Gasteiger partial charge is 0.343 e. The Kier molecular flexibility index (Phi) is 8.86. The van der Waals surface area contributed by atoms with Crippen LogP contribution in [0.1, 0.15) is 46.5 Å². The summed E-state index contributed by atoms with van der Waals surface area (Å²) in [6.07, 6.45) is 4.29. The van der Waals surface area contributed by atoms with E-state index in [1.54, 1.807) is 0 Å². The maximum absolute atomic E-state index is 12.0. The quantitative estimate of drug-likeness (QED) is 0.702. The minimum atomic E-state index is 0.313. The van der Waals surface area contributed by atoms with Crippen LogP contribution in [0.2, 0.25) is 0 Å². The van der Waals surface area contributed by atoms with Gasteiger partial charge >= 0.3 is 0 Å². The molecule has 0 spiro atoms. The van der Waals surface area contributed by atoms with Crippen LogP contribution in [0.25, 0.3) is 0 Å². The van der Waals surface area contributed by atoms with Crippen molar-refractivity contribution in [3.63, 3.8) is 0 Å². The van der Waals surface area contributed by atoms with Crippen LogP contribution in [0.15, 0.2) is 0 Å². The molecule has 0 radical (unpaired) electrons. The maximum atomic E-state index is 12.0. The van der Waals surface area contributed by atoms with Gasteiger partial charge in [0.05, 0.1) is 0 Å². The fourth-order valence-corrected chi connectivity index (χ4v) is 3.00. The lowest BCUT2D eigenvalue weighted by atomic mass is 9.97. The van der Waals surface area contributed by atoms with Crippen molar-refractivity contribution < 1.29 is 4.79 Å². The number of carbonyl (C=O) groups excluding carboxylic acids is 1. The lowest BCUT2D eigenvalue weighted by Gasteiger charge is -2.29. The van der Waals surface area contributed by atoms with E-state index in [1.807, 2.05) is 4.90 Å². The molecule has 1 amide bonds. The van der Waals surface area contributed by atoms with Crippen molar-refractivity contribution in [1.29, 1.82) is 0 Å². The van der Waals surface area contributed by atoms with Gasteiger partial charge in [-0.05, 0) is 65.2 Å². The molecule has 1 heterocycles. The maximum Gasteiger partial charge on any atom is 0.222 e. The van der Waals surface area contributed by atoms with Gasteiger partial charge in [-0.25, -0.2) is 0 Å². The summed E-state index contributed by atoms with van der Waals surface area (Å²) in [5, 5.41) is 3.42. The van der Waals surface area contributed by atoms with Crippen molar-refractivity contribution in [2.24, 2.45) is 5.92 Å². The van der Waals surface area contributed by atoms with Gasteiger partial charge in [-0.2, -0.15) is 0 Å². The smallest absolute Gasteiger partial charge is 0.222 e. The lowest BCUT2D eigenvalue weighted by molar-refractivity contribution is -0.131. The van der Waals surface area contributed by atoms with Crippen LogP contribution in [-0.4, -0.2) is 61.5 Å². The van der Waals surface area contributed by atoms with Crippen molar-refractivity contribution in [2.45, 2.75) is 46.5 Å². The van der Waals surface area contributed by atoms with Gasteiger partial charge in [0.2, 0.25) is 5.91 Å². The molecule has 1 fully saturated rings. The molecule has 0 aromatic rings. The molecule has 0 atom stereocenters. The van der Waals surface area contributed by atoms with Crippen LogP contribution in [0.3, 0.4) is 0 Å². The van der Waals surface area contributed by atoms with Crippen molar-refractivity contribution in [2.75, 3.05) is 45.8 Å². The van der Waals surface area contributed by atoms with Crippen molar-refractivity contribution in [3.8, 4) is 0 Å². The predicted octanol–water partition coefficient (Wildman–Crippen LogP) is 1.96. The fourth-order valence-electron chi connectivity index (χ4n) is 3.00. The molecule has 1 aliphatic rings. The third-order valence-electron chi connectivity index (χ3n) is 4.40. The minimum Gasteiger partial charge on any atom is -0.343 e. The van der Waals surface area contributed by atoms with Crippen molar-refractivity contribution in [1.82, 2.24) is 15.1 Å². The van der Waals surface area contributed by atoms with Crippen LogP contribution in [0.5, 0.6) is 0 Å². The Hall–Kier alpha value is -0.610. The molecule has 0 aromatic heterocycles. The molecule has 20 heavy (non-hydrogen) atoms. The van der Waals surface area contributed by atoms with Gasteiger partial charge in [-0.3, -0.25) is 4.79 Å². The summed E-state index contributed by atoms with van der Waals surface area (Å²) >= 11 is 0. The number of rotatable bonds is 9. The zero-order valence-corrected chi connectivity index (χ0v) is 13.7. The third kappa shape index (κ3) is 6.23. The van der Waals surface area contributed by atoms with Gasteiger partial charge in [0.1, 0.15) is 0 Å². The molecule has 0 saturated carbocycles. The van der Waals surface area contributed by atoms with Gasteiger partial charge in [0, 0.05) is 26.1 Å². The molecule has 118 valence electrons. The molecule has 0 aromatic carbocycles. The van der Waals surface area contributed by atoms with E-state index in [0.29, 0.717) is 12.3 Å². The number of hydrogen-bond donors (Lipinski definition) is 1. The molecule has 1 aliphatic heterocycles. The van der Waals surface area contributed by atoms with Crippen LogP contribution in [-0.2, 0) is 4.79 Å². The summed E-state index contributed by atoms with van der Waals surface area (Å²) in [5.74, 6) is 1.16. The minimum absolute atomic E-state index is 0.313. The molecule has 4 nitrogen and oxygen atoms in total. The van der Waals surface area contributed by atoms with Crippen LogP contribution in [0, 0.1) is 5.92 Å². The normalized spacial score (nSPS) is 16.6. The highest BCUT2D eigenvalue weighted by Gasteiger charge is 2.16. The molecule has 0 bridgehead atoms. The summed E-state index contributed by atoms with van der Waals surface area (Å²) in [7, 11) is 0. The van der Waals surface area contributed by atoms with Crippen LogP contribution < -0.4 is 5.32 Å². The number of carbonyl (C=O) groups is 1. The first-order valence-corrected chi connectivity index (χ1v) is 8.42. The number of amides is 1. The number of nitrogens with one attached hydrogen (secondary N) is 1. The molecule has 1 saturated heterocycles. The first-order chi connectivity index (χ1) is 9.71. The Morgan fingerprint density at radius 3 is 2.30 bits per heavy atom. The molecule has 1 rings (SSSR count). The second kappa shape index (κ2) is 10.2. The van der Waals surface area contributed by atoms with Gasteiger partial charge in [-0.15, -0.1) is 0 Å². The molecule has 0 unspecified atom stereocenters. The summed E-state index contributed by atoms with van der Waals surface area (Å²) in [6.45, 7) is 13.7. The third-order valence-corrected chi connectivity index (χ3v) is 4.40. The van der Waals surface area contributed by atoms with Crippen LogP contribution in [0.4, 0.5) is 0 Å². The Morgan fingerprint density at radius 1 is 1.10 bits per heavy atom. The second-order valence-corrected chi connectivity index (χ2v) is 5.76. The first-order valence-electron chi connectivity index (χ1n) is 8.42. The van der Waals surface area contributed by atoms with E-state index >= 15 is 0 Å². The zero-order valence-electron chi connectivity index (χ0n) is 13.7. The molecule has 1 N–H and O–H groups in total. The predicted molar refractivity (Wildman–Crippen MR) is 84.9 cm³/mol. The molecule has 4 heteroatoms. The standard InChI is InChI=1S/C16H33N3O/c1-4-18(14-15-9-11-17-12-10-15)13-7-8-16(20)19(5-2)6-3/h15,17H,4-14H2,1-3H3. The topological polar surface area (TPSA) is 35.6 Å². The van der Waals surface area contributed by atoms with Crippen LogP contribution >= 0.6 is 0 Å². The van der Waals surface area contributed by atoms with Gasteiger partial charge < -0.3 is 15.1 Å². The van der Waals surface area contributed by atoms with Gasteiger partial charge in [-0.1, -0.05) is 6.92 Å². The van der Waals surface area contributed by atoms with Gasteiger partial charge in [0.25, 0.3) is 0 Å². The summed E-state index contributed by atoms with van der Waals surface area (Å²) in [6, 6.07) is 0. The van der Waals surface area contributed by atoms with E-state index in [-0.39, 0.29) is 0 Å². The highest BCUT2D eigenvalue weighted by atomic mass is 16.2. The fraction of sp³-hybridized carbons (Fsp3) is 0.938. The van der Waals surface area contributed by atoms with Crippen molar-refractivity contribution >= 4 is 5.91 Å². The second-order valence-electron chi connectivity index (χ2n) is 5.76. The molecular formula is C16H33N3O. The van der Waals surface area contributed by atoms with Crippen molar-refractivity contribution in [3.05, 3.63) is 0 Å². The first kappa shape index (κ1) is 17.4.